The minimum absolute atomic E-state index is 0.0187. The molecule has 0 atom stereocenters. The van der Waals surface area contributed by atoms with Crippen molar-refractivity contribution in [1.82, 2.24) is 10.2 Å². The SMILES string of the molecule is C=CCN1C(=O)C(=Cc2cc(I)ccc2F)C(=O)NC1=S. The van der Waals surface area contributed by atoms with Gasteiger partial charge in [0.2, 0.25) is 0 Å². The van der Waals surface area contributed by atoms with E-state index >= 15 is 0 Å². The van der Waals surface area contributed by atoms with Gasteiger partial charge in [0.1, 0.15) is 11.4 Å². The molecule has 1 heterocycles. The molecule has 0 saturated carbocycles. The molecule has 1 aliphatic heterocycles. The number of thiocarbonyl (C=S) groups is 1. The molecule has 0 aliphatic carbocycles. The van der Waals surface area contributed by atoms with Crippen LogP contribution in [0.3, 0.4) is 0 Å². The Morgan fingerprint density at radius 3 is 2.81 bits per heavy atom. The molecule has 0 radical (unpaired) electrons. The lowest BCUT2D eigenvalue weighted by Crippen LogP contribution is -2.53. The summed E-state index contributed by atoms with van der Waals surface area (Å²) in [7, 11) is 0. The Balaban J connectivity index is 2.45. The topological polar surface area (TPSA) is 49.4 Å². The summed E-state index contributed by atoms with van der Waals surface area (Å²) in [6.45, 7) is 3.70. The molecule has 0 spiro atoms. The quantitative estimate of drug-likeness (QED) is 0.271. The molecular weight excluding hydrogens is 406 g/mol. The van der Waals surface area contributed by atoms with Crippen LogP contribution in [0.2, 0.25) is 0 Å². The van der Waals surface area contributed by atoms with Crippen molar-refractivity contribution in [1.29, 1.82) is 0 Å². The maximum atomic E-state index is 13.8. The number of benzene rings is 1. The predicted molar refractivity (Wildman–Crippen MR) is 89.7 cm³/mol. The van der Waals surface area contributed by atoms with Crippen LogP contribution in [0, 0.1) is 9.39 Å². The normalized spacial score (nSPS) is 17.1. The third-order valence-corrected chi connectivity index (χ3v) is 3.75. The highest BCUT2D eigenvalue weighted by Gasteiger charge is 2.32. The summed E-state index contributed by atoms with van der Waals surface area (Å²) < 4.78 is 14.5. The number of halogens is 2. The van der Waals surface area contributed by atoms with Gasteiger partial charge in [-0.25, -0.2) is 4.39 Å². The van der Waals surface area contributed by atoms with E-state index in [1.165, 1.54) is 23.1 Å². The van der Waals surface area contributed by atoms with Gasteiger partial charge in [-0.1, -0.05) is 6.08 Å². The van der Waals surface area contributed by atoms with Crippen molar-refractivity contribution in [3.63, 3.8) is 0 Å². The van der Waals surface area contributed by atoms with Gasteiger partial charge in [0.05, 0.1) is 0 Å². The van der Waals surface area contributed by atoms with Crippen molar-refractivity contribution in [2.75, 3.05) is 6.54 Å². The summed E-state index contributed by atoms with van der Waals surface area (Å²) in [6.07, 6.45) is 2.72. The summed E-state index contributed by atoms with van der Waals surface area (Å²) in [4.78, 5) is 25.4. The Hall–Kier alpha value is -1.61. The standard InChI is InChI=1S/C14H10FIN2O2S/c1-2-5-18-13(20)10(12(19)17-14(18)21)7-8-6-9(16)3-4-11(8)15/h2-4,6-7H,1,5H2,(H,17,19,21). The fraction of sp³-hybridized carbons (Fsp3) is 0.0714. The zero-order chi connectivity index (χ0) is 15.6. The largest absolute Gasteiger partial charge is 0.298 e. The lowest BCUT2D eigenvalue weighted by atomic mass is 10.1. The molecular formula is C14H10FIN2O2S. The van der Waals surface area contributed by atoms with Gasteiger partial charge in [-0.2, -0.15) is 0 Å². The minimum Gasteiger partial charge on any atom is -0.298 e. The van der Waals surface area contributed by atoms with E-state index in [-0.39, 0.29) is 22.8 Å². The number of hydrogen-bond donors (Lipinski definition) is 1. The molecule has 2 amide bonds. The van der Waals surface area contributed by atoms with Crippen molar-refractivity contribution in [3.8, 4) is 0 Å². The van der Waals surface area contributed by atoms with E-state index in [0.29, 0.717) is 0 Å². The van der Waals surface area contributed by atoms with Crippen LogP contribution in [0.25, 0.3) is 6.08 Å². The van der Waals surface area contributed by atoms with Crippen LogP contribution < -0.4 is 5.32 Å². The number of nitrogens with one attached hydrogen (secondary N) is 1. The molecule has 1 saturated heterocycles. The van der Waals surface area contributed by atoms with Gasteiger partial charge in [-0.3, -0.25) is 19.8 Å². The van der Waals surface area contributed by atoms with Crippen LogP contribution in [-0.4, -0.2) is 28.4 Å². The number of amides is 2. The average Bonchev–Trinajstić information content (AvgIpc) is 2.43. The Bertz CT molecular complexity index is 688. The maximum absolute atomic E-state index is 13.8. The Morgan fingerprint density at radius 1 is 1.43 bits per heavy atom. The minimum atomic E-state index is -0.636. The highest BCUT2D eigenvalue weighted by Crippen LogP contribution is 2.19. The Kier molecular flexibility index (Phi) is 4.84. The highest BCUT2D eigenvalue weighted by atomic mass is 127. The summed E-state index contributed by atoms with van der Waals surface area (Å²) >= 11 is 6.96. The molecule has 1 aromatic carbocycles. The van der Waals surface area contributed by atoms with E-state index in [4.69, 9.17) is 12.2 Å². The van der Waals surface area contributed by atoms with Gasteiger partial charge in [-0.05, 0) is 59.1 Å². The molecule has 0 bridgehead atoms. The molecule has 2 rings (SSSR count). The number of carbonyl (C=O) groups is 2. The van der Waals surface area contributed by atoms with E-state index in [1.807, 2.05) is 22.6 Å². The summed E-state index contributed by atoms with van der Waals surface area (Å²) in [5, 5.41) is 2.42. The molecule has 0 unspecified atom stereocenters. The van der Waals surface area contributed by atoms with Crippen molar-refractivity contribution < 1.29 is 14.0 Å². The number of rotatable bonds is 3. The van der Waals surface area contributed by atoms with E-state index in [1.54, 1.807) is 12.1 Å². The first-order valence-electron chi connectivity index (χ1n) is 5.89. The monoisotopic (exact) mass is 416 g/mol. The Morgan fingerprint density at radius 2 is 2.14 bits per heavy atom. The molecule has 21 heavy (non-hydrogen) atoms. The zero-order valence-electron chi connectivity index (χ0n) is 10.7. The lowest BCUT2D eigenvalue weighted by molar-refractivity contribution is -0.128. The van der Waals surface area contributed by atoms with E-state index < -0.39 is 17.6 Å². The van der Waals surface area contributed by atoms with Crippen LogP contribution in [0.4, 0.5) is 4.39 Å². The first-order chi connectivity index (χ1) is 9.93. The van der Waals surface area contributed by atoms with Crippen molar-refractivity contribution in [2.45, 2.75) is 0 Å². The summed E-state index contributed by atoms with van der Waals surface area (Å²) in [6, 6.07) is 4.43. The first-order valence-corrected chi connectivity index (χ1v) is 7.37. The van der Waals surface area contributed by atoms with E-state index in [0.717, 1.165) is 3.57 Å². The van der Waals surface area contributed by atoms with Gasteiger partial charge in [-0.15, -0.1) is 6.58 Å². The van der Waals surface area contributed by atoms with Crippen LogP contribution in [0.5, 0.6) is 0 Å². The summed E-state index contributed by atoms with van der Waals surface area (Å²) in [5.74, 6) is -1.71. The van der Waals surface area contributed by atoms with Crippen molar-refractivity contribution >= 4 is 57.8 Å². The van der Waals surface area contributed by atoms with Gasteiger partial charge >= 0.3 is 0 Å². The molecule has 1 aliphatic rings. The average molecular weight is 416 g/mol. The number of carbonyl (C=O) groups excluding carboxylic acids is 2. The van der Waals surface area contributed by atoms with Crippen LogP contribution in [0.1, 0.15) is 5.56 Å². The fourth-order valence-corrected chi connectivity index (χ4v) is 2.54. The van der Waals surface area contributed by atoms with E-state index in [9.17, 15) is 14.0 Å². The second-order valence-corrected chi connectivity index (χ2v) is 5.82. The predicted octanol–water partition coefficient (Wildman–Crippen LogP) is 2.24. The third-order valence-electron chi connectivity index (χ3n) is 2.76. The molecule has 1 N–H and O–H groups in total. The second kappa shape index (κ2) is 6.44. The lowest BCUT2D eigenvalue weighted by Gasteiger charge is -2.27. The van der Waals surface area contributed by atoms with Crippen molar-refractivity contribution in [3.05, 3.63) is 51.4 Å². The van der Waals surface area contributed by atoms with E-state index in [2.05, 4.69) is 11.9 Å². The first kappa shape index (κ1) is 15.8. The highest BCUT2D eigenvalue weighted by molar-refractivity contribution is 14.1. The van der Waals surface area contributed by atoms with Gasteiger partial charge in [0, 0.05) is 15.7 Å². The molecule has 1 aromatic rings. The zero-order valence-corrected chi connectivity index (χ0v) is 13.7. The molecule has 1 fully saturated rings. The van der Waals surface area contributed by atoms with Crippen LogP contribution in [0.15, 0.2) is 36.4 Å². The maximum Gasteiger partial charge on any atom is 0.265 e. The molecule has 108 valence electrons. The summed E-state index contributed by atoms with van der Waals surface area (Å²) in [5.41, 5.74) is 0.0121. The molecule has 0 aromatic heterocycles. The van der Waals surface area contributed by atoms with Crippen LogP contribution >= 0.6 is 34.8 Å². The second-order valence-electron chi connectivity index (χ2n) is 4.19. The Labute approximate surface area is 139 Å². The van der Waals surface area contributed by atoms with Crippen molar-refractivity contribution in [2.24, 2.45) is 0 Å². The number of nitrogens with zero attached hydrogens (tertiary/aromatic N) is 1. The number of hydrogen-bond acceptors (Lipinski definition) is 3. The van der Waals surface area contributed by atoms with Gasteiger partial charge < -0.3 is 0 Å². The smallest absolute Gasteiger partial charge is 0.265 e. The third kappa shape index (κ3) is 3.35. The van der Waals surface area contributed by atoms with Gasteiger partial charge in [0.25, 0.3) is 11.8 Å². The fourth-order valence-electron chi connectivity index (χ4n) is 1.77. The molecule has 4 nitrogen and oxygen atoms in total. The van der Waals surface area contributed by atoms with Gasteiger partial charge in [0.15, 0.2) is 5.11 Å². The molecule has 7 heteroatoms. The van der Waals surface area contributed by atoms with Crippen LogP contribution in [-0.2, 0) is 9.59 Å².